The predicted molar refractivity (Wildman–Crippen MR) is 94.2 cm³/mol. The van der Waals surface area contributed by atoms with Crippen LogP contribution in [0.25, 0.3) is 0 Å². The Morgan fingerprint density at radius 3 is 2.74 bits per heavy atom. The summed E-state index contributed by atoms with van der Waals surface area (Å²) in [6, 6.07) is 5.18. The van der Waals surface area contributed by atoms with Crippen molar-refractivity contribution in [1.82, 2.24) is 9.80 Å². The highest BCUT2D eigenvalue weighted by atomic mass is 35.5. The molecule has 2 aliphatic rings. The van der Waals surface area contributed by atoms with Crippen molar-refractivity contribution in [3.05, 3.63) is 28.2 Å². The molecule has 128 valence electrons. The first-order valence-electron chi connectivity index (χ1n) is 8.10. The van der Waals surface area contributed by atoms with Crippen LogP contribution in [0.1, 0.15) is 19.3 Å². The molecule has 2 heterocycles. The molecule has 2 fully saturated rings. The SMILES string of the molecule is O=S(=O)(CCN1CCCN2CCC[C@@H]2C1)c1cc(Cl)ccc1Cl. The quantitative estimate of drug-likeness (QED) is 0.809. The Hall–Kier alpha value is -0.330. The molecule has 2 aliphatic heterocycles. The zero-order chi connectivity index (χ0) is 16.4. The molecule has 4 nitrogen and oxygen atoms in total. The second-order valence-corrected chi connectivity index (χ2v) is 9.30. The van der Waals surface area contributed by atoms with Gasteiger partial charge in [0.1, 0.15) is 0 Å². The second kappa shape index (κ2) is 7.28. The molecule has 0 saturated carbocycles. The smallest absolute Gasteiger partial charge is 0.181 e. The highest BCUT2D eigenvalue weighted by molar-refractivity contribution is 7.91. The minimum Gasteiger partial charge on any atom is -0.301 e. The lowest BCUT2D eigenvalue weighted by molar-refractivity contribution is 0.226. The Morgan fingerprint density at radius 1 is 1.13 bits per heavy atom. The maximum absolute atomic E-state index is 12.6. The third kappa shape index (κ3) is 4.20. The van der Waals surface area contributed by atoms with E-state index in [9.17, 15) is 8.42 Å². The van der Waals surface area contributed by atoms with Crippen LogP contribution < -0.4 is 0 Å². The van der Waals surface area contributed by atoms with Gasteiger partial charge in [-0.1, -0.05) is 23.2 Å². The van der Waals surface area contributed by atoms with Crippen LogP contribution in [-0.4, -0.2) is 62.7 Å². The number of fused-ring (bicyclic) bond motifs is 1. The van der Waals surface area contributed by atoms with E-state index in [1.54, 1.807) is 12.1 Å². The van der Waals surface area contributed by atoms with E-state index in [0.29, 0.717) is 17.6 Å². The molecule has 1 aromatic rings. The van der Waals surface area contributed by atoms with E-state index < -0.39 is 9.84 Å². The molecule has 0 amide bonds. The van der Waals surface area contributed by atoms with Gasteiger partial charge < -0.3 is 4.90 Å². The summed E-state index contributed by atoms with van der Waals surface area (Å²) in [5.41, 5.74) is 0. The highest BCUT2D eigenvalue weighted by Crippen LogP contribution is 2.26. The van der Waals surface area contributed by atoms with Crippen molar-refractivity contribution >= 4 is 33.0 Å². The third-order valence-corrected chi connectivity index (χ3v) is 7.20. The molecule has 0 N–H and O–H groups in total. The van der Waals surface area contributed by atoms with Crippen LogP contribution in [0.4, 0.5) is 0 Å². The molecule has 23 heavy (non-hydrogen) atoms. The Morgan fingerprint density at radius 2 is 1.91 bits per heavy atom. The van der Waals surface area contributed by atoms with Gasteiger partial charge in [-0.3, -0.25) is 4.90 Å². The van der Waals surface area contributed by atoms with Crippen LogP contribution in [0.2, 0.25) is 10.0 Å². The fourth-order valence-electron chi connectivity index (χ4n) is 3.56. The molecule has 0 spiro atoms. The van der Waals surface area contributed by atoms with Gasteiger partial charge in [-0.2, -0.15) is 0 Å². The zero-order valence-electron chi connectivity index (χ0n) is 13.0. The summed E-state index contributed by atoms with van der Waals surface area (Å²) in [6.07, 6.45) is 3.59. The first-order chi connectivity index (χ1) is 11.0. The minimum absolute atomic E-state index is 0.0831. The van der Waals surface area contributed by atoms with Crippen LogP contribution in [0.3, 0.4) is 0 Å². The fraction of sp³-hybridized carbons (Fsp3) is 0.625. The lowest BCUT2D eigenvalue weighted by atomic mass is 10.2. The van der Waals surface area contributed by atoms with Crippen molar-refractivity contribution in [1.29, 1.82) is 0 Å². The van der Waals surface area contributed by atoms with Crippen molar-refractivity contribution in [3.63, 3.8) is 0 Å². The van der Waals surface area contributed by atoms with E-state index in [1.807, 2.05) is 0 Å². The average molecular weight is 377 g/mol. The predicted octanol–water partition coefficient (Wildman–Crippen LogP) is 2.94. The number of sulfone groups is 1. The Balaban J connectivity index is 1.65. The van der Waals surface area contributed by atoms with E-state index in [-0.39, 0.29) is 15.7 Å². The molecule has 0 radical (unpaired) electrons. The minimum atomic E-state index is -3.42. The van der Waals surface area contributed by atoms with E-state index in [4.69, 9.17) is 23.2 Å². The summed E-state index contributed by atoms with van der Waals surface area (Å²) in [5, 5.41) is 0.636. The lowest BCUT2D eigenvalue weighted by Gasteiger charge is -2.25. The molecule has 2 saturated heterocycles. The number of benzene rings is 1. The lowest BCUT2D eigenvalue weighted by Crippen LogP contribution is -2.38. The Labute approximate surface area is 148 Å². The van der Waals surface area contributed by atoms with Gasteiger partial charge in [-0.05, 0) is 57.1 Å². The molecule has 0 unspecified atom stereocenters. The summed E-state index contributed by atoms with van der Waals surface area (Å²) in [6.45, 7) is 4.81. The summed E-state index contributed by atoms with van der Waals surface area (Å²) >= 11 is 12.0. The maximum atomic E-state index is 12.6. The van der Waals surface area contributed by atoms with Gasteiger partial charge in [0.2, 0.25) is 0 Å². The van der Waals surface area contributed by atoms with Gasteiger partial charge in [-0.15, -0.1) is 0 Å². The van der Waals surface area contributed by atoms with Crippen molar-refractivity contribution in [3.8, 4) is 0 Å². The Kier molecular flexibility index (Phi) is 5.53. The normalized spacial score (nSPS) is 23.7. The van der Waals surface area contributed by atoms with Crippen molar-refractivity contribution in [2.24, 2.45) is 0 Å². The molecule has 0 aliphatic carbocycles. The van der Waals surface area contributed by atoms with Crippen LogP contribution in [-0.2, 0) is 9.84 Å². The van der Waals surface area contributed by atoms with Gasteiger partial charge in [0.15, 0.2) is 9.84 Å². The van der Waals surface area contributed by atoms with Gasteiger partial charge in [0.05, 0.1) is 15.7 Å². The van der Waals surface area contributed by atoms with Crippen LogP contribution in [0, 0.1) is 0 Å². The molecular formula is C16H22Cl2N2O2S. The van der Waals surface area contributed by atoms with Gasteiger partial charge in [-0.25, -0.2) is 8.42 Å². The maximum Gasteiger partial charge on any atom is 0.181 e. The van der Waals surface area contributed by atoms with E-state index in [2.05, 4.69) is 9.80 Å². The third-order valence-electron chi connectivity index (χ3n) is 4.79. The molecule has 0 aromatic heterocycles. The number of hydrogen-bond donors (Lipinski definition) is 0. The van der Waals surface area contributed by atoms with E-state index >= 15 is 0 Å². The zero-order valence-corrected chi connectivity index (χ0v) is 15.4. The van der Waals surface area contributed by atoms with Gasteiger partial charge in [0, 0.05) is 24.2 Å². The number of hydrogen-bond acceptors (Lipinski definition) is 4. The number of nitrogens with zero attached hydrogens (tertiary/aromatic N) is 2. The Bertz CT molecular complexity index is 666. The summed E-state index contributed by atoms with van der Waals surface area (Å²) < 4.78 is 25.2. The largest absolute Gasteiger partial charge is 0.301 e. The first kappa shape index (κ1) is 17.5. The molecule has 1 atom stereocenters. The topological polar surface area (TPSA) is 40.6 Å². The highest BCUT2D eigenvalue weighted by Gasteiger charge is 2.29. The summed E-state index contributed by atoms with van der Waals surface area (Å²) in [4.78, 5) is 4.97. The number of rotatable bonds is 4. The van der Waals surface area contributed by atoms with Gasteiger partial charge >= 0.3 is 0 Å². The number of halogens is 2. The summed E-state index contributed by atoms with van der Waals surface area (Å²) in [7, 11) is -3.42. The average Bonchev–Trinajstić information content (AvgIpc) is 2.85. The monoisotopic (exact) mass is 376 g/mol. The standard InChI is InChI=1S/C16H22Cl2N2O2S/c17-13-4-5-15(18)16(11-13)23(21,22)10-9-19-6-2-8-20-7-1-3-14(20)12-19/h4-5,11,14H,1-3,6-10,12H2/t14-/m1/s1. The first-order valence-corrected chi connectivity index (χ1v) is 10.5. The van der Waals surface area contributed by atoms with Crippen LogP contribution in [0.15, 0.2) is 23.1 Å². The molecule has 0 bridgehead atoms. The molecule has 7 heteroatoms. The van der Waals surface area contributed by atoms with Crippen molar-refractivity contribution < 1.29 is 8.42 Å². The van der Waals surface area contributed by atoms with Crippen LogP contribution in [0.5, 0.6) is 0 Å². The molecule has 3 rings (SSSR count). The second-order valence-electron chi connectivity index (χ2n) is 6.38. The van der Waals surface area contributed by atoms with Crippen molar-refractivity contribution in [2.75, 3.05) is 38.5 Å². The van der Waals surface area contributed by atoms with Crippen molar-refractivity contribution in [2.45, 2.75) is 30.2 Å². The van der Waals surface area contributed by atoms with E-state index in [0.717, 1.165) is 26.1 Å². The van der Waals surface area contributed by atoms with E-state index in [1.165, 1.54) is 25.5 Å². The molecular weight excluding hydrogens is 355 g/mol. The molecule has 1 aromatic carbocycles. The summed E-state index contributed by atoms with van der Waals surface area (Å²) in [5.74, 6) is 0.0831. The van der Waals surface area contributed by atoms with Crippen LogP contribution >= 0.6 is 23.2 Å². The fourth-order valence-corrected chi connectivity index (χ4v) is 5.66. The van der Waals surface area contributed by atoms with Gasteiger partial charge in [0.25, 0.3) is 0 Å².